The molecule has 0 aliphatic carbocycles. The van der Waals surface area contributed by atoms with Crippen LogP contribution in [0.1, 0.15) is 41.9 Å². The third-order valence-corrected chi connectivity index (χ3v) is 4.52. The van der Waals surface area contributed by atoms with Crippen LogP contribution in [0.25, 0.3) is 6.08 Å². The summed E-state index contributed by atoms with van der Waals surface area (Å²) in [6, 6.07) is 32.2. The van der Waals surface area contributed by atoms with Gasteiger partial charge >= 0.3 is 0 Å². The maximum atomic E-state index is 2.35. The van der Waals surface area contributed by atoms with Gasteiger partial charge in [-0.1, -0.05) is 110 Å². The first-order valence-electron chi connectivity index (χ1n) is 8.66. The van der Waals surface area contributed by atoms with Gasteiger partial charge in [0.15, 0.2) is 0 Å². The second kappa shape index (κ2) is 8.31. The van der Waals surface area contributed by atoms with Crippen LogP contribution >= 0.6 is 0 Å². The summed E-state index contributed by atoms with van der Waals surface area (Å²) in [5, 5.41) is 0. The van der Waals surface area contributed by atoms with E-state index in [1.165, 1.54) is 16.7 Å². The topological polar surface area (TPSA) is 0 Å². The lowest BCUT2D eigenvalue weighted by Crippen LogP contribution is -2.02. The van der Waals surface area contributed by atoms with Crippen molar-refractivity contribution in [2.45, 2.75) is 25.2 Å². The van der Waals surface area contributed by atoms with Gasteiger partial charge in [0, 0.05) is 5.92 Å². The zero-order chi connectivity index (χ0) is 16.6. The lowest BCUT2D eigenvalue weighted by atomic mass is 9.85. The normalized spacial score (nSPS) is 13.7. The molecule has 24 heavy (non-hydrogen) atoms. The predicted octanol–water partition coefficient (Wildman–Crippen LogP) is 6.68. The van der Waals surface area contributed by atoms with Crippen molar-refractivity contribution in [3.05, 3.63) is 114 Å². The fourth-order valence-electron chi connectivity index (χ4n) is 3.12. The molecule has 3 aromatic rings. The second-order valence-electron chi connectivity index (χ2n) is 6.33. The average Bonchev–Trinajstić information content (AvgIpc) is 2.67. The van der Waals surface area contributed by atoms with Gasteiger partial charge in [0.2, 0.25) is 0 Å². The molecule has 0 saturated heterocycles. The highest BCUT2D eigenvalue weighted by Gasteiger charge is 2.14. The van der Waals surface area contributed by atoms with E-state index in [1.807, 2.05) is 0 Å². The Kier molecular flexibility index (Phi) is 5.63. The Morgan fingerprint density at radius 3 is 1.75 bits per heavy atom. The summed E-state index contributed by atoms with van der Waals surface area (Å²) < 4.78 is 0. The van der Waals surface area contributed by atoms with Crippen LogP contribution in [-0.2, 0) is 0 Å². The van der Waals surface area contributed by atoms with E-state index in [0.717, 1.165) is 6.42 Å². The van der Waals surface area contributed by atoms with Crippen molar-refractivity contribution in [3.63, 3.8) is 0 Å². The zero-order valence-electron chi connectivity index (χ0n) is 14.2. The van der Waals surface area contributed by atoms with E-state index in [0.29, 0.717) is 11.8 Å². The Labute approximate surface area is 145 Å². The zero-order valence-corrected chi connectivity index (χ0v) is 14.2. The molecule has 3 aromatic carbocycles. The van der Waals surface area contributed by atoms with E-state index in [4.69, 9.17) is 0 Å². The smallest absolute Gasteiger partial charge is 0.00270 e. The third-order valence-electron chi connectivity index (χ3n) is 4.52. The first-order valence-corrected chi connectivity index (χ1v) is 8.66. The summed E-state index contributed by atoms with van der Waals surface area (Å²) in [6.07, 6.45) is 5.71. The lowest BCUT2D eigenvalue weighted by molar-refractivity contribution is 0.630. The largest absolute Gasteiger partial charge is 0.0764 e. The Morgan fingerprint density at radius 1 is 0.667 bits per heavy atom. The summed E-state index contributed by atoms with van der Waals surface area (Å²) >= 11 is 0. The average molecular weight is 312 g/mol. The predicted molar refractivity (Wildman–Crippen MR) is 104 cm³/mol. The molecule has 0 saturated carbocycles. The second-order valence-corrected chi connectivity index (χ2v) is 6.33. The molecule has 0 aliphatic rings. The molecule has 2 unspecified atom stereocenters. The van der Waals surface area contributed by atoms with Gasteiger partial charge in [-0.05, 0) is 29.0 Å². The fourth-order valence-corrected chi connectivity index (χ4v) is 3.12. The maximum absolute atomic E-state index is 2.35. The lowest BCUT2D eigenvalue weighted by Gasteiger charge is -2.19. The Morgan fingerprint density at radius 2 is 1.17 bits per heavy atom. The highest BCUT2D eigenvalue weighted by molar-refractivity contribution is 5.50. The van der Waals surface area contributed by atoms with E-state index in [9.17, 15) is 0 Å². The first-order chi connectivity index (χ1) is 11.8. The van der Waals surface area contributed by atoms with Crippen molar-refractivity contribution in [2.24, 2.45) is 0 Å². The molecule has 0 aliphatic heterocycles. The third kappa shape index (κ3) is 4.45. The van der Waals surface area contributed by atoms with E-state index >= 15 is 0 Å². The van der Waals surface area contributed by atoms with Crippen LogP contribution in [0.3, 0.4) is 0 Å². The van der Waals surface area contributed by atoms with Gasteiger partial charge in [0.05, 0.1) is 0 Å². The van der Waals surface area contributed by atoms with Crippen LogP contribution in [0.5, 0.6) is 0 Å². The van der Waals surface area contributed by atoms with Gasteiger partial charge < -0.3 is 0 Å². The van der Waals surface area contributed by atoms with Crippen molar-refractivity contribution >= 4 is 6.08 Å². The van der Waals surface area contributed by atoms with Crippen molar-refractivity contribution < 1.29 is 0 Å². The minimum Gasteiger partial charge on any atom is -0.0764 e. The molecule has 2 atom stereocenters. The molecule has 0 nitrogen and oxygen atoms in total. The van der Waals surface area contributed by atoms with Gasteiger partial charge in [0.25, 0.3) is 0 Å². The molecular formula is C24H24. The maximum Gasteiger partial charge on any atom is 0.00270 e. The van der Waals surface area contributed by atoms with E-state index in [-0.39, 0.29) is 0 Å². The Bertz CT molecular complexity index is 742. The molecular weight excluding hydrogens is 288 g/mol. The van der Waals surface area contributed by atoms with Crippen LogP contribution in [0.15, 0.2) is 97.1 Å². The molecule has 3 rings (SSSR count). The first kappa shape index (κ1) is 16.3. The van der Waals surface area contributed by atoms with Gasteiger partial charge in [-0.2, -0.15) is 0 Å². The fraction of sp³-hybridized carbons (Fsp3) is 0.167. The van der Waals surface area contributed by atoms with Crippen molar-refractivity contribution in [1.29, 1.82) is 0 Å². The van der Waals surface area contributed by atoms with Crippen LogP contribution in [-0.4, -0.2) is 0 Å². The quantitative estimate of drug-likeness (QED) is 0.476. The molecule has 0 aromatic heterocycles. The summed E-state index contributed by atoms with van der Waals surface area (Å²) in [4.78, 5) is 0. The summed E-state index contributed by atoms with van der Waals surface area (Å²) in [7, 11) is 0. The van der Waals surface area contributed by atoms with Gasteiger partial charge in [-0.25, -0.2) is 0 Å². The molecule has 0 amide bonds. The summed E-state index contributed by atoms with van der Waals surface area (Å²) in [5.74, 6) is 0.943. The molecule has 0 bridgehead atoms. The Balaban J connectivity index is 1.81. The molecule has 0 N–H and O–H groups in total. The molecule has 0 spiro atoms. The highest BCUT2D eigenvalue weighted by Crippen LogP contribution is 2.31. The molecule has 0 radical (unpaired) electrons. The molecule has 0 fully saturated rings. The van der Waals surface area contributed by atoms with Crippen LogP contribution < -0.4 is 0 Å². The van der Waals surface area contributed by atoms with Crippen molar-refractivity contribution in [3.8, 4) is 0 Å². The number of hydrogen-bond acceptors (Lipinski definition) is 0. The minimum absolute atomic E-state index is 0.418. The minimum atomic E-state index is 0.418. The van der Waals surface area contributed by atoms with E-state index < -0.39 is 0 Å². The monoisotopic (exact) mass is 312 g/mol. The van der Waals surface area contributed by atoms with E-state index in [2.05, 4.69) is 110 Å². The SMILES string of the molecule is CC(CC(C=Cc1ccccc1)c1ccccc1)c1ccccc1. The standard InChI is InChI=1S/C24H24/c1-20(22-13-7-3-8-14-22)19-24(23-15-9-4-10-16-23)18-17-21-11-5-2-6-12-21/h2-18,20,24H,19H2,1H3. The Hall–Kier alpha value is -2.60. The molecule has 0 heteroatoms. The van der Waals surface area contributed by atoms with Gasteiger partial charge in [0.1, 0.15) is 0 Å². The number of benzene rings is 3. The number of rotatable bonds is 6. The number of hydrogen-bond donors (Lipinski definition) is 0. The van der Waals surface area contributed by atoms with Crippen LogP contribution in [0.2, 0.25) is 0 Å². The highest BCUT2D eigenvalue weighted by atomic mass is 14.2. The van der Waals surface area contributed by atoms with Crippen molar-refractivity contribution in [1.82, 2.24) is 0 Å². The molecule has 0 heterocycles. The van der Waals surface area contributed by atoms with Gasteiger partial charge in [-0.15, -0.1) is 0 Å². The summed E-state index contributed by atoms with van der Waals surface area (Å²) in [5.41, 5.74) is 4.05. The number of allylic oxidation sites excluding steroid dienone is 1. The van der Waals surface area contributed by atoms with Crippen LogP contribution in [0.4, 0.5) is 0 Å². The molecule has 120 valence electrons. The van der Waals surface area contributed by atoms with Crippen molar-refractivity contribution in [2.75, 3.05) is 0 Å². The van der Waals surface area contributed by atoms with E-state index in [1.54, 1.807) is 0 Å². The summed E-state index contributed by atoms with van der Waals surface area (Å²) in [6.45, 7) is 2.32. The van der Waals surface area contributed by atoms with Gasteiger partial charge in [-0.3, -0.25) is 0 Å². The van der Waals surface area contributed by atoms with Crippen LogP contribution in [0, 0.1) is 0 Å².